The summed E-state index contributed by atoms with van der Waals surface area (Å²) in [5.41, 5.74) is 4.93. The number of hydrazine groups is 1. The standard InChI is InChI=1S/C15H20BrN3/c1-3-10(4-2)14(19-17)15-12(16)9-11-7-5-6-8-13(11)18-15/h5-10,14,19H,3-4,17H2,1-2H3. The van der Waals surface area contributed by atoms with Crippen LogP contribution in [0.25, 0.3) is 10.9 Å². The van der Waals surface area contributed by atoms with Crippen LogP contribution in [0.4, 0.5) is 0 Å². The summed E-state index contributed by atoms with van der Waals surface area (Å²) in [4.78, 5) is 4.77. The summed E-state index contributed by atoms with van der Waals surface area (Å²) in [5, 5.41) is 1.14. The van der Waals surface area contributed by atoms with Crippen molar-refractivity contribution in [1.29, 1.82) is 0 Å². The highest BCUT2D eigenvalue weighted by Gasteiger charge is 2.23. The number of nitrogens with two attached hydrogens (primary N) is 1. The normalized spacial score (nSPS) is 13.1. The van der Waals surface area contributed by atoms with Crippen LogP contribution in [0.15, 0.2) is 34.8 Å². The Bertz CT molecular complexity index is 552. The van der Waals surface area contributed by atoms with Gasteiger partial charge in [0.2, 0.25) is 0 Å². The third-order valence-electron chi connectivity index (χ3n) is 3.70. The Labute approximate surface area is 122 Å². The lowest BCUT2D eigenvalue weighted by Gasteiger charge is -2.25. The Hall–Kier alpha value is -0.970. The summed E-state index contributed by atoms with van der Waals surface area (Å²) >= 11 is 3.63. The number of pyridine rings is 1. The van der Waals surface area contributed by atoms with Crippen LogP contribution in [0.1, 0.15) is 38.4 Å². The van der Waals surface area contributed by atoms with Crippen molar-refractivity contribution in [2.45, 2.75) is 32.7 Å². The molecule has 2 rings (SSSR count). The van der Waals surface area contributed by atoms with Gasteiger partial charge in [-0.1, -0.05) is 44.9 Å². The Kier molecular flexibility index (Phi) is 4.91. The SMILES string of the molecule is CCC(CC)C(NN)c1nc2ccccc2cc1Br. The molecule has 0 saturated carbocycles. The number of aromatic nitrogens is 1. The number of rotatable bonds is 5. The molecule has 1 heterocycles. The van der Waals surface area contributed by atoms with Crippen molar-refractivity contribution in [1.82, 2.24) is 10.4 Å². The molecule has 2 aromatic rings. The number of nitrogens with one attached hydrogen (secondary N) is 1. The molecule has 0 bridgehead atoms. The second-order valence-electron chi connectivity index (χ2n) is 4.77. The first-order valence-electron chi connectivity index (χ1n) is 6.72. The molecule has 1 unspecified atom stereocenters. The van der Waals surface area contributed by atoms with E-state index >= 15 is 0 Å². The summed E-state index contributed by atoms with van der Waals surface area (Å²) in [6.45, 7) is 4.38. The van der Waals surface area contributed by atoms with E-state index in [1.807, 2.05) is 18.2 Å². The number of benzene rings is 1. The number of fused-ring (bicyclic) bond motifs is 1. The fraction of sp³-hybridized carbons (Fsp3) is 0.400. The highest BCUT2D eigenvalue weighted by Crippen LogP contribution is 2.32. The lowest BCUT2D eigenvalue weighted by atomic mass is 9.92. The average Bonchev–Trinajstić information content (AvgIpc) is 2.44. The molecule has 3 N–H and O–H groups in total. The maximum atomic E-state index is 5.76. The highest BCUT2D eigenvalue weighted by atomic mass is 79.9. The maximum Gasteiger partial charge on any atom is 0.0738 e. The van der Waals surface area contributed by atoms with Crippen molar-refractivity contribution >= 4 is 26.8 Å². The summed E-state index contributed by atoms with van der Waals surface area (Å²) in [6.07, 6.45) is 2.15. The Morgan fingerprint density at radius 1 is 1.26 bits per heavy atom. The van der Waals surface area contributed by atoms with E-state index in [9.17, 15) is 0 Å². The molecule has 0 aliphatic heterocycles. The van der Waals surface area contributed by atoms with Gasteiger partial charge in [0.25, 0.3) is 0 Å². The molecular formula is C15H20BrN3. The van der Waals surface area contributed by atoms with Crippen molar-refractivity contribution in [3.8, 4) is 0 Å². The molecule has 4 heteroatoms. The first-order chi connectivity index (χ1) is 9.21. The molecular weight excluding hydrogens is 302 g/mol. The fourth-order valence-corrected chi connectivity index (χ4v) is 3.10. The average molecular weight is 322 g/mol. The maximum absolute atomic E-state index is 5.76. The summed E-state index contributed by atoms with van der Waals surface area (Å²) < 4.78 is 1.01. The van der Waals surface area contributed by atoms with E-state index in [0.717, 1.165) is 33.9 Å². The van der Waals surface area contributed by atoms with Crippen LogP contribution in [-0.2, 0) is 0 Å². The summed E-state index contributed by atoms with van der Waals surface area (Å²) in [7, 11) is 0. The second kappa shape index (κ2) is 6.46. The van der Waals surface area contributed by atoms with Crippen molar-refractivity contribution in [3.63, 3.8) is 0 Å². The summed E-state index contributed by atoms with van der Waals surface area (Å²) in [6, 6.07) is 10.3. The van der Waals surface area contributed by atoms with Crippen molar-refractivity contribution < 1.29 is 0 Å². The first-order valence-corrected chi connectivity index (χ1v) is 7.51. The van der Waals surface area contributed by atoms with Gasteiger partial charge in [-0.05, 0) is 34.0 Å². The monoisotopic (exact) mass is 321 g/mol. The van der Waals surface area contributed by atoms with Gasteiger partial charge in [0.05, 0.1) is 17.3 Å². The highest BCUT2D eigenvalue weighted by molar-refractivity contribution is 9.10. The minimum atomic E-state index is 0.0778. The van der Waals surface area contributed by atoms with Gasteiger partial charge in [-0.3, -0.25) is 11.3 Å². The molecule has 19 heavy (non-hydrogen) atoms. The van der Waals surface area contributed by atoms with Crippen LogP contribution in [0.3, 0.4) is 0 Å². The van der Waals surface area contributed by atoms with Gasteiger partial charge >= 0.3 is 0 Å². The van der Waals surface area contributed by atoms with Crippen LogP contribution in [0.2, 0.25) is 0 Å². The van der Waals surface area contributed by atoms with Gasteiger partial charge in [-0.2, -0.15) is 0 Å². The van der Waals surface area contributed by atoms with Crippen LogP contribution in [-0.4, -0.2) is 4.98 Å². The Morgan fingerprint density at radius 2 is 1.95 bits per heavy atom. The van der Waals surface area contributed by atoms with Crippen LogP contribution < -0.4 is 11.3 Å². The third-order valence-corrected chi connectivity index (χ3v) is 4.33. The van der Waals surface area contributed by atoms with Crippen molar-refractivity contribution in [2.75, 3.05) is 0 Å². The fourth-order valence-electron chi connectivity index (χ4n) is 2.52. The van der Waals surface area contributed by atoms with E-state index in [0.29, 0.717) is 5.92 Å². The smallest absolute Gasteiger partial charge is 0.0738 e. The lowest BCUT2D eigenvalue weighted by molar-refractivity contribution is 0.339. The number of hydrogen-bond donors (Lipinski definition) is 2. The molecule has 0 radical (unpaired) electrons. The topological polar surface area (TPSA) is 50.9 Å². The molecule has 3 nitrogen and oxygen atoms in total. The molecule has 0 saturated heterocycles. The van der Waals surface area contributed by atoms with Gasteiger partial charge < -0.3 is 0 Å². The minimum Gasteiger partial charge on any atom is -0.271 e. The number of para-hydroxylation sites is 1. The second-order valence-corrected chi connectivity index (χ2v) is 5.62. The van der Waals surface area contributed by atoms with E-state index in [4.69, 9.17) is 10.8 Å². The number of halogens is 1. The lowest BCUT2D eigenvalue weighted by Crippen LogP contribution is -2.34. The van der Waals surface area contributed by atoms with E-state index in [1.165, 1.54) is 0 Å². The summed E-state index contributed by atoms with van der Waals surface area (Å²) in [5.74, 6) is 6.24. The first kappa shape index (κ1) is 14.4. The van der Waals surface area contributed by atoms with E-state index in [-0.39, 0.29) is 6.04 Å². The quantitative estimate of drug-likeness (QED) is 0.647. The van der Waals surface area contributed by atoms with E-state index in [2.05, 4.69) is 47.3 Å². The largest absolute Gasteiger partial charge is 0.271 e. The van der Waals surface area contributed by atoms with Crippen LogP contribution in [0.5, 0.6) is 0 Å². The molecule has 1 atom stereocenters. The van der Waals surface area contributed by atoms with Crippen molar-refractivity contribution in [2.24, 2.45) is 11.8 Å². The zero-order chi connectivity index (χ0) is 13.8. The van der Waals surface area contributed by atoms with Gasteiger partial charge in [0, 0.05) is 9.86 Å². The zero-order valence-electron chi connectivity index (χ0n) is 11.4. The molecule has 0 aliphatic carbocycles. The molecule has 102 valence electrons. The molecule has 1 aromatic heterocycles. The van der Waals surface area contributed by atoms with E-state index < -0.39 is 0 Å². The predicted octanol–water partition coefficient (Wildman–Crippen LogP) is 3.94. The molecule has 0 aliphatic rings. The zero-order valence-corrected chi connectivity index (χ0v) is 12.9. The van der Waals surface area contributed by atoms with Crippen LogP contribution in [0, 0.1) is 5.92 Å². The minimum absolute atomic E-state index is 0.0778. The molecule has 0 amide bonds. The van der Waals surface area contributed by atoms with Crippen molar-refractivity contribution in [3.05, 3.63) is 40.5 Å². The molecule has 0 fully saturated rings. The molecule has 1 aromatic carbocycles. The van der Waals surface area contributed by atoms with Gasteiger partial charge in [0.15, 0.2) is 0 Å². The van der Waals surface area contributed by atoms with Gasteiger partial charge in [0.1, 0.15) is 0 Å². The number of nitrogens with zero attached hydrogens (tertiary/aromatic N) is 1. The molecule has 0 spiro atoms. The van der Waals surface area contributed by atoms with Gasteiger partial charge in [-0.15, -0.1) is 0 Å². The Morgan fingerprint density at radius 3 is 2.58 bits per heavy atom. The Balaban J connectivity index is 2.50. The van der Waals surface area contributed by atoms with E-state index in [1.54, 1.807) is 0 Å². The van der Waals surface area contributed by atoms with Crippen LogP contribution >= 0.6 is 15.9 Å². The number of hydrogen-bond acceptors (Lipinski definition) is 3. The predicted molar refractivity (Wildman–Crippen MR) is 83.6 cm³/mol. The van der Waals surface area contributed by atoms with Gasteiger partial charge in [-0.25, -0.2) is 4.98 Å². The third kappa shape index (κ3) is 2.96.